The monoisotopic (exact) mass is 395 g/mol. The van der Waals surface area contributed by atoms with Crippen LogP contribution in [0.25, 0.3) is 0 Å². The predicted molar refractivity (Wildman–Crippen MR) is 97.1 cm³/mol. The topological polar surface area (TPSA) is 69.7 Å². The summed E-state index contributed by atoms with van der Waals surface area (Å²) in [4.78, 5) is 14.2. The maximum atomic E-state index is 12.5. The zero-order valence-electron chi connectivity index (χ0n) is 13.7. The molecule has 1 N–H and O–H groups in total. The maximum Gasteiger partial charge on any atom is 0.243 e. The van der Waals surface area contributed by atoms with Crippen molar-refractivity contribution in [1.82, 2.24) is 14.5 Å². The third-order valence-electron chi connectivity index (χ3n) is 4.01. The highest BCUT2D eigenvalue weighted by atomic mass is 35.5. The zero-order valence-corrected chi connectivity index (χ0v) is 16.1. The molecule has 0 aromatic heterocycles. The van der Waals surface area contributed by atoms with Gasteiger partial charge in [0, 0.05) is 25.2 Å². The number of nitrogens with one attached hydrogen (secondary N) is 1. The van der Waals surface area contributed by atoms with Crippen LogP contribution in [0.3, 0.4) is 0 Å². The molecule has 1 aliphatic rings. The number of carbonyl (C=O) groups is 1. The Bertz CT molecular complexity index is 652. The van der Waals surface area contributed by atoms with Gasteiger partial charge < -0.3 is 10.2 Å². The Balaban J connectivity index is 0.00000288. The van der Waals surface area contributed by atoms with E-state index in [0.717, 1.165) is 17.3 Å². The lowest BCUT2D eigenvalue weighted by molar-refractivity contribution is -0.130. The van der Waals surface area contributed by atoms with Crippen molar-refractivity contribution in [3.8, 4) is 0 Å². The van der Waals surface area contributed by atoms with Crippen LogP contribution in [0.2, 0.25) is 5.02 Å². The van der Waals surface area contributed by atoms with E-state index < -0.39 is 10.0 Å². The third-order valence-corrected chi connectivity index (χ3v) is 6.08. The number of nitrogens with zero attached hydrogens (tertiary/aromatic N) is 2. The minimum absolute atomic E-state index is 0. The van der Waals surface area contributed by atoms with Gasteiger partial charge in [0.25, 0.3) is 0 Å². The molecule has 0 radical (unpaired) electrons. The summed E-state index contributed by atoms with van der Waals surface area (Å²) in [5.41, 5.74) is 0. The van der Waals surface area contributed by atoms with Gasteiger partial charge >= 0.3 is 0 Å². The summed E-state index contributed by atoms with van der Waals surface area (Å²) in [6.45, 7) is 2.06. The Labute approximate surface area is 154 Å². The average molecular weight is 396 g/mol. The van der Waals surface area contributed by atoms with Crippen molar-refractivity contribution in [1.29, 1.82) is 0 Å². The van der Waals surface area contributed by atoms with Gasteiger partial charge in [0.15, 0.2) is 0 Å². The van der Waals surface area contributed by atoms with E-state index in [1.807, 2.05) is 7.05 Å². The Hall–Kier alpha value is -0.860. The van der Waals surface area contributed by atoms with Crippen LogP contribution in [0, 0.1) is 5.92 Å². The first kappa shape index (κ1) is 21.2. The van der Waals surface area contributed by atoms with E-state index in [1.54, 1.807) is 4.90 Å². The largest absolute Gasteiger partial charge is 0.341 e. The molecule has 0 bridgehead atoms. The van der Waals surface area contributed by atoms with Gasteiger partial charge in [-0.25, -0.2) is 8.42 Å². The molecule has 1 aromatic rings. The van der Waals surface area contributed by atoms with Crippen molar-refractivity contribution in [2.24, 2.45) is 5.92 Å². The van der Waals surface area contributed by atoms with Crippen molar-refractivity contribution < 1.29 is 13.2 Å². The molecular formula is C15H23Cl2N3O3S. The van der Waals surface area contributed by atoms with Crippen LogP contribution >= 0.6 is 24.0 Å². The second kappa shape index (κ2) is 9.01. The fourth-order valence-corrected chi connectivity index (χ4v) is 3.92. The van der Waals surface area contributed by atoms with E-state index in [9.17, 15) is 13.2 Å². The van der Waals surface area contributed by atoms with Gasteiger partial charge in [-0.05, 0) is 50.2 Å². The van der Waals surface area contributed by atoms with E-state index in [2.05, 4.69) is 5.32 Å². The molecule has 0 saturated carbocycles. The van der Waals surface area contributed by atoms with Gasteiger partial charge in [-0.2, -0.15) is 4.31 Å². The molecule has 1 saturated heterocycles. The first-order valence-corrected chi connectivity index (χ1v) is 9.30. The fourth-order valence-electron chi connectivity index (χ4n) is 2.68. The van der Waals surface area contributed by atoms with Crippen LogP contribution in [0.15, 0.2) is 29.2 Å². The molecule has 1 aliphatic heterocycles. The summed E-state index contributed by atoms with van der Waals surface area (Å²) in [7, 11) is -0.384. The molecule has 0 spiro atoms. The van der Waals surface area contributed by atoms with Crippen LogP contribution in [0.4, 0.5) is 0 Å². The standard InChI is InChI=1S/C15H22ClN3O3S.ClH/c1-17-9-12-7-8-19(10-12)15(20)11-18(2)23(21,22)14-5-3-13(16)4-6-14;/h3-6,12,17H,7-11H2,1-2H3;1H. The summed E-state index contributed by atoms with van der Waals surface area (Å²) in [6.07, 6.45) is 0.945. The number of likely N-dealkylation sites (N-methyl/N-ethyl adjacent to an activating group) is 1. The number of rotatable bonds is 6. The Kier molecular flexibility index (Phi) is 7.95. The van der Waals surface area contributed by atoms with E-state index in [1.165, 1.54) is 31.3 Å². The highest BCUT2D eigenvalue weighted by Gasteiger charge is 2.29. The van der Waals surface area contributed by atoms with Crippen molar-refractivity contribution in [2.45, 2.75) is 11.3 Å². The summed E-state index contributed by atoms with van der Waals surface area (Å²) in [5, 5.41) is 3.57. The minimum atomic E-state index is -3.69. The summed E-state index contributed by atoms with van der Waals surface area (Å²) < 4.78 is 26.0. The zero-order chi connectivity index (χ0) is 17.0. The minimum Gasteiger partial charge on any atom is -0.341 e. The molecule has 1 amide bonds. The fraction of sp³-hybridized carbons (Fsp3) is 0.533. The maximum absolute atomic E-state index is 12.5. The van der Waals surface area contributed by atoms with E-state index in [-0.39, 0.29) is 29.8 Å². The molecule has 1 aromatic carbocycles. The van der Waals surface area contributed by atoms with E-state index in [4.69, 9.17) is 11.6 Å². The Morgan fingerprint density at radius 2 is 2.00 bits per heavy atom. The van der Waals surface area contributed by atoms with Gasteiger partial charge in [0.05, 0.1) is 11.4 Å². The molecule has 2 rings (SSSR count). The molecule has 0 aliphatic carbocycles. The van der Waals surface area contributed by atoms with Gasteiger partial charge in [-0.1, -0.05) is 11.6 Å². The number of sulfonamides is 1. The van der Waals surface area contributed by atoms with Crippen molar-refractivity contribution in [3.63, 3.8) is 0 Å². The van der Waals surface area contributed by atoms with E-state index >= 15 is 0 Å². The van der Waals surface area contributed by atoms with Crippen molar-refractivity contribution in [2.75, 3.05) is 40.3 Å². The number of hydrogen-bond donors (Lipinski definition) is 1. The van der Waals surface area contributed by atoms with Gasteiger partial charge in [-0.3, -0.25) is 4.79 Å². The molecule has 1 heterocycles. The van der Waals surface area contributed by atoms with Crippen LogP contribution < -0.4 is 5.32 Å². The molecular weight excluding hydrogens is 373 g/mol. The SMILES string of the molecule is CNCC1CCN(C(=O)CN(C)S(=O)(=O)c2ccc(Cl)cc2)C1.Cl. The smallest absolute Gasteiger partial charge is 0.243 e. The highest BCUT2D eigenvalue weighted by molar-refractivity contribution is 7.89. The molecule has 1 fully saturated rings. The normalized spacial score (nSPS) is 17.8. The van der Waals surface area contributed by atoms with Gasteiger partial charge in [0.2, 0.25) is 15.9 Å². The lowest BCUT2D eigenvalue weighted by Gasteiger charge is -2.21. The molecule has 9 heteroatoms. The molecule has 6 nitrogen and oxygen atoms in total. The van der Waals surface area contributed by atoms with Crippen molar-refractivity contribution in [3.05, 3.63) is 29.3 Å². The second-order valence-corrected chi connectivity index (χ2v) is 8.25. The number of carbonyl (C=O) groups excluding carboxylic acids is 1. The summed E-state index contributed by atoms with van der Waals surface area (Å²) >= 11 is 5.78. The summed E-state index contributed by atoms with van der Waals surface area (Å²) in [6, 6.07) is 5.93. The number of likely N-dealkylation sites (tertiary alicyclic amines) is 1. The Morgan fingerprint density at radius 3 is 2.58 bits per heavy atom. The first-order valence-electron chi connectivity index (χ1n) is 7.49. The quantitative estimate of drug-likeness (QED) is 0.791. The third kappa shape index (κ3) is 5.07. The molecule has 136 valence electrons. The van der Waals surface area contributed by atoms with Crippen LogP contribution in [-0.2, 0) is 14.8 Å². The van der Waals surface area contributed by atoms with E-state index in [0.29, 0.717) is 24.0 Å². The van der Waals surface area contributed by atoms with Crippen LogP contribution in [-0.4, -0.2) is 63.8 Å². The predicted octanol–water partition coefficient (Wildman–Crippen LogP) is 1.45. The number of hydrogen-bond acceptors (Lipinski definition) is 4. The number of amides is 1. The lowest BCUT2D eigenvalue weighted by Crippen LogP contribution is -2.40. The average Bonchev–Trinajstić information content (AvgIpc) is 2.96. The molecule has 1 atom stereocenters. The second-order valence-electron chi connectivity index (χ2n) is 5.77. The lowest BCUT2D eigenvalue weighted by atomic mass is 10.1. The number of halogens is 2. The Morgan fingerprint density at radius 1 is 1.38 bits per heavy atom. The van der Waals surface area contributed by atoms with Gasteiger partial charge in [-0.15, -0.1) is 12.4 Å². The summed E-state index contributed by atoms with van der Waals surface area (Å²) in [5.74, 6) is 0.269. The highest BCUT2D eigenvalue weighted by Crippen LogP contribution is 2.19. The molecule has 1 unspecified atom stereocenters. The number of benzene rings is 1. The van der Waals surface area contributed by atoms with Gasteiger partial charge in [0.1, 0.15) is 0 Å². The molecule has 24 heavy (non-hydrogen) atoms. The van der Waals surface area contributed by atoms with Crippen LogP contribution in [0.1, 0.15) is 6.42 Å². The van der Waals surface area contributed by atoms with Crippen LogP contribution in [0.5, 0.6) is 0 Å². The van der Waals surface area contributed by atoms with Crippen molar-refractivity contribution >= 4 is 39.9 Å². The first-order chi connectivity index (χ1) is 10.8.